The summed E-state index contributed by atoms with van der Waals surface area (Å²) in [5.74, 6) is -0.559. The first-order valence-corrected chi connectivity index (χ1v) is 5.52. The number of azide groups is 1. The van der Waals surface area contributed by atoms with Crippen molar-refractivity contribution in [2.24, 2.45) is 5.11 Å². The summed E-state index contributed by atoms with van der Waals surface area (Å²) in [6.45, 7) is 5.28. The molecule has 16 heavy (non-hydrogen) atoms. The highest BCUT2D eigenvalue weighted by molar-refractivity contribution is 7.11. The number of carbonyl (C=O) groups is 1. The Balaban J connectivity index is 3.15. The smallest absolute Gasteiger partial charge is 0.323 e. The van der Waals surface area contributed by atoms with E-state index in [0.717, 1.165) is 5.01 Å². The molecule has 0 N–H and O–H groups in total. The van der Waals surface area contributed by atoms with E-state index in [1.807, 2.05) is 6.92 Å². The van der Waals surface area contributed by atoms with Crippen LogP contribution in [0.25, 0.3) is 10.4 Å². The Labute approximate surface area is 96.9 Å². The summed E-state index contributed by atoms with van der Waals surface area (Å²) in [6.07, 6.45) is 1.53. The first kappa shape index (κ1) is 12.5. The number of hydrogen-bond acceptors (Lipinski definition) is 5. The maximum atomic E-state index is 11.8. The van der Waals surface area contributed by atoms with Crippen LogP contribution in [0.5, 0.6) is 0 Å². The van der Waals surface area contributed by atoms with Gasteiger partial charge < -0.3 is 4.74 Å². The highest BCUT2D eigenvalue weighted by Crippen LogP contribution is 2.31. The van der Waals surface area contributed by atoms with Crippen LogP contribution in [-0.2, 0) is 15.1 Å². The molecule has 0 amide bonds. The van der Waals surface area contributed by atoms with E-state index in [-0.39, 0.29) is 6.61 Å². The van der Waals surface area contributed by atoms with E-state index in [1.165, 1.54) is 24.5 Å². The van der Waals surface area contributed by atoms with E-state index in [0.29, 0.717) is 4.88 Å². The third-order valence-electron chi connectivity index (χ3n) is 2.02. The lowest BCUT2D eigenvalue weighted by atomic mass is 10.0. The SMILES string of the molecule is CCOC(=O)[C@](C)(N=[N+]=[N-])c1cnc(C)s1. The van der Waals surface area contributed by atoms with Gasteiger partial charge in [0.2, 0.25) is 0 Å². The van der Waals surface area contributed by atoms with Crippen LogP contribution in [0, 0.1) is 6.92 Å². The molecule has 1 heterocycles. The van der Waals surface area contributed by atoms with Gasteiger partial charge >= 0.3 is 5.97 Å². The van der Waals surface area contributed by atoms with Crippen molar-refractivity contribution in [1.82, 2.24) is 4.98 Å². The summed E-state index contributed by atoms with van der Waals surface area (Å²) in [4.78, 5) is 19.1. The van der Waals surface area contributed by atoms with Crippen LogP contribution in [0.3, 0.4) is 0 Å². The van der Waals surface area contributed by atoms with Crippen molar-refractivity contribution in [3.05, 3.63) is 26.5 Å². The van der Waals surface area contributed by atoms with Crippen LogP contribution in [0.4, 0.5) is 0 Å². The third kappa shape index (κ3) is 2.32. The predicted molar refractivity (Wildman–Crippen MR) is 60.0 cm³/mol. The molecule has 0 saturated carbocycles. The topological polar surface area (TPSA) is 88.0 Å². The highest BCUT2D eigenvalue weighted by atomic mass is 32.1. The molecule has 0 aliphatic heterocycles. The minimum absolute atomic E-state index is 0.243. The average Bonchev–Trinajstić information content (AvgIpc) is 2.66. The number of thiazole rings is 1. The monoisotopic (exact) mass is 240 g/mol. The van der Waals surface area contributed by atoms with Gasteiger partial charge in [0.15, 0.2) is 5.54 Å². The molecule has 7 heteroatoms. The molecule has 0 spiro atoms. The molecule has 0 unspecified atom stereocenters. The zero-order chi connectivity index (χ0) is 12.2. The van der Waals surface area contributed by atoms with Crippen molar-refractivity contribution in [2.75, 3.05) is 6.61 Å². The molecule has 0 aliphatic rings. The Morgan fingerprint density at radius 1 is 1.81 bits per heavy atom. The van der Waals surface area contributed by atoms with Crippen molar-refractivity contribution < 1.29 is 9.53 Å². The molecular weight excluding hydrogens is 228 g/mol. The van der Waals surface area contributed by atoms with Crippen LogP contribution in [-0.4, -0.2) is 17.6 Å². The quantitative estimate of drug-likeness (QED) is 0.350. The third-order valence-corrected chi connectivity index (χ3v) is 3.14. The molecule has 86 valence electrons. The van der Waals surface area contributed by atoms with Gasteiger partial charge in [0.1, 0.15) is 0 Å². The molecule has 1 rings (SSSR count). The Kier molecular flexibility index (Phi) is 3.87. The molecule has 0 fully saturated rings. The number of hydrogen-bond donors (Lipinski definition) is 0. The van der Waals surface area contributed by atoms with Gasteiger partial charge in [-0.2, -0.15) is 0 Å². The molecule has 1 aromatic rings. The van der Waals surface area contributed by atoms with Gasteiger partial charge in [-0.05, 0) is 26.3 Å². The molecule has 0 aliphatic carbocycles. The lowest BCUT2D eigenvalue weighted by Gasteiger charge is -2.19. The van der Waals surface area contributed by atoms with Crippen LogP contribution >= 0.6 is 11.3 Å². The largest absolute Gasteiger partial charge is 0.465 e. The van der Waals surface area contributed by atoms with Gasteiger partial charge in [0.05, 0.1) is 11.6 Å². The van der Waals surface area contributed by atoms with Gasteiger partial charge in [-0.1, -0.05) is 5.11 Å². The van der Waals surface area contributed by atoms with Gasteiger partial charge in [-0.25, -0.2) is 4.98 Å². The lowest BCUT2D eigenvalue weighted by molar-refractivity contribution is -0.149. The zero-order valence-electron chi connectivity index (χ0n) is 9.30. The van der Waals surface area contributed by atoms with E-state index in [9.17, 15) is 4.79 Å². The number of carbonyl (C=O) groups excluding carboxylic acids is 1. The standard InChI is InChI=1S/C9H12N4O2S/c1-4-15-8(14)9(3,12-13-10)7-5-11-6(2)16-7/h5H,4H2,1-3H3/t9-/m1/s1. The summed E-state index contributed by atoms with van der Waals surface area (Å²) in [7, 11) is 0. The van der Waals surface area contributed by atoms with Gasteiger partial charge in [0.25, 0.3) is 0 Å². The molecule has 1 aromatic heterocycles. The molecule has 0 aromatic carbocycles. The van der Waals surface area contributed by atoms with Crippen LogP contribution in [0.2, 0.25) is 0 Å². The maximum Gasteiger partial charge on any atom is 0.323 e. The van der Waals surface area contributed by atoms with Crippen molar-refractivity contribution >= 4 is 17.3 Å². The number of aryl methyl sites for hydroxylation is 1. The lowest BCUT2D eigenvalue weighted by Crippen LogP contribution is -2.31. The number of ether oxygens (including phenoxy) is 1. The van der Waals surface area contributed by atoms with Gasteiger partial charge in [-0.3, -0.25) is 4.79 Å². The van der Waals surface area contributed by atoms with Crippen LogP contribution in [0.15, 0.2) is 11.3 Å². The number of esters is 1. The minimum atomic E-state index is -1.32. The highest BCUT2D eigenvalue weighted by Gasteiger charge is 2.37. The van der Waals surface area contributed by atoms with Crippen LogP contribution < -0.4 is 0 Å². The number of rotatable bonds is 4. The molecule has 0 bridgehead atoms. The van der Waals surface area contributed by atoms with Crippen molar-refractivity contribution in [3.63, 3.8) is 0 Å². The van der Waals surface area contributed by atoms with Gasteiger partial charge in [-0.15, -0.1) is 11.3 Å². The first-order valence-electron chi connectivity index (χ1n) is 4.71. The summed E-state index contributed by atoms with van der Waals surface area (Å²) in [6, 6.07) is 0. The fourth-order valence-corrected chi connectivity index (χ4v) is 1.99. The van der Waals surface area contributed by atoms with E-state index in [1.54, 1.807) is 6.92 Å². The Hall–Kier alpha value is -1.59. The number of aromatic nitrogens is 1. The van der Waals surface area contributed by atoms with E-state index in [2.05, 4.69) is 15.0 Å². The van der Waals surface area contributed by atoms with Crippen molar-refractivity contribution in [2.45, 2.75) is 26.3 Å². The fourth-order valence-electron chi connectivity index (χ4n) is 1.14. The normalized spacial score (nSPS) is 13.7. The number of nitrogens with zero attached hydrogens (tertiary/aromatic N) is 4. The molecule has 1 atom stereocenters. The van der Waals surface area contributed by atoms with Crippen LogP contribution in [0.1, 0.15) is 23.7 Å². The van der Waals surface area contributed by atoms with E-state index < -0.39 is 11.5 Å². The molecule has 6 nitrogen and oxygen atoms in total. The summed E-state index contributed by atoms with van der Waals surface area (Å²) < 4.78 is 4.90. The Bertz CT molecular complexity index is 438. The van der Waals surface area contributed by atoms with Crippen molar-refractivity contribution in [3.8, 4) is 0 Å². The van der Waals surface area contributed by atoms with Gasteiger partial charge in [0, 0.05) is 16.0 Å². The summed E-state index contributed by atoms with van der Waals surface area (Å²) in [5.41, 5.74) is 7.20. The zero-order valence-corrected chi connectivity index (χ0v) is 10.1. The summed E-state index contributed by atoms with van der Waals surface area (Å²) >= 11 is 1.31. The molecule has 0 radical (unpaired) electrons. The average molecular weight is 240 g/mol. The van der Waals surface area contributed by atoms with Crippen molar-refractivity contribution in [1.29, 1.82) is 0 Å². The molecular formula is C9H12N4O2S. The minimum Gasteiger partial charge on any atom is -0.465 e. The first-order chi connectivity index (χ1) is 7.54. The van der Waals surface area contributed by atoms with E-state index >= 15 is 0 Å². The Morgan fingerprint density at radius 2 is 2.50 bits per heavy atom. The predicted octanol–water partition coefficient (Wildman–Crippen LogP) is 2.54. The Morgan fingerprint density at radius 3 is 2.94 bits per heavy atom. The fraction of sp³-hybridized carbons (Fsp3) is 0.556. The molecule has 0 saturated heterocycles. The second kappa shape index (κ2) is 4.96. The second-order valence-corrected chi connectivity index (χ2v) is 4.46. The second-order valence-electron chi connectivity index (χ2n) is 3.23. The van der Waals surface area contributed by atoms with E-state index in [4.69, 9.17) is 10.3 Å². The maximum absolute atomic E-state index is 11.8. The summed E-state index contributed by atoms with van der Waals surface area (Å²) in [5, 5.41) is 4.34.